The number of quaternary nitrogens is 2. The molecule has 0 radical (unpaired) electrons. The van der Waals surface area contributed by atoms with Crippen molar-refractivity contribution in [3.63, 3.8) is 0 Å². The number of fused-ring (bicyclic) bond motifs is 1. The van der Waals surface area contributed by atoms with Crippen molar-refractivity contribution >= 4 is 28.3 Å². The molecule has 0 saturated carbocycles. The highest BCUT2D eigenvalue weighted by molar-refractivity contribution is 6.10. The van der Waals surface area contributed by atoms with Crippen LogP contribution >= 0.6 is 0 Å². The van der Waals surface area contributed by atoms with Crippen molar-refractivity contribution in [2.24, 2.45) is 0 Å². The van der Waals surface area contributed by atoms with Gasteiger partial charge in [0.25, 0.3) is 5.91 Å². The van der Waals surface area contributed by atoms with Gasteiger partial charge in [-0.25, -0.2) is 4.39 Å². The van der Waals surface area contributed by atoms with Crippen LogP contribution in [0.2, 0.25) is 0 Å². The Labute approximate surface area is 181 Å². The van der Waals surface area contributed by atoms with E-state index in [0.717, 1.165) is 48.3 Å². The van der Waals surface area contributed by atoms with Crippen LogP contribution in [0.4, 0.5) is 10.1 Å². The van der Waals surface area contributed by atoms with Crippen LogP contribution in [0.1, 0.15) is 23.0 Å². The lowest BCUT2D eigenvalue weighted by Gasteiger charge is -2.32. The normalized spacial score (nSPS) is 19.8. The standard InChI is InChI=1S/C24H27FN4O2/c1-16-23(20-5-3-4-6-21(20)26-16)24(31)17(2)29-13-11-28(12-14-29)15-22(30)27-19-9-7-18(25)8-10-19/h3-10,17,26H,11-15H2,1-2H3,(H,27,30)/p+2/t17-/m0/s1. The number of carbonyl (C=O) groups is 2. The number of hydrogen-bond donors (Lipinski definition) is 4. The highest BCUT2D eigenvalue weighted by Crippen LogP contribution is 2.22. The third-order valence-corrected chi connectivity index (χ3v) is 6.28. The summed E-state index contributed by atoms with van der Waals surface area (Å²) in [6, 6.07) is 13.6. The Bertz CT molecular complexity index is 1080. The van der Waals surface area contributed by atoms with Gasteiger partial charge in [-0.1, -0.05) is 18.2 Å². The first kappa shape index (κ1) is 21.2. The molecule has 4 rings (SSSR count). The molecule has 7 heteroatoms. The van der Waals surface area contributed by atoms with Crippen molar-refractivity contribution < 1.29 is 23.8 Å². The number of Topliss-reactive ketones (excluding diaryl/α,β-unsaturated/α-hetero) is 1. The Morgan fingerprint density at radius 3 is 2.45 bits per heavy atom. The number of halogens is 1. The summed E-state index contributed by atoms with van der Waals surface area (Å²) in [4.78, 5) is 31.4. The maximum atomic E-state index is 13.3. The first-order chi connectivity index (χ1) is 14.9. The molecule has 162 valence electrons. The number of para-hydroxylation sites is 1. The SMILES string of the molecule is Cc1[nH]c2ccccc2c1C(=O)[C@H](C)[NH+]1CC[NH+](CC(=O)Nc2ccc(F)cc2)CC1. The molecule has 6 nitrogen and oxygen atoms in total. The van der Waals surface area contributed by atoms with E-state index in [4.69, 9.17) is 0 Å². The van der Waals surface area contributed by atoms with E-state index in [9.17, 15) is 14.0 Å². The molecular formula is C24H29FN4O2+2. The monoisotopic (exact) mass is 424 g/mol. The fraction of sp³-hybridized carbons (Fsp3) is 0.333. The van der Waals surface area contributed by atoms with Crippen molar-refractivity contribution in [1.82, 2.24) is 4.98 Å². The van der Waals surface area contributed by atoms with Gasteiger partial charge in [0.15, 0.2) is 6.54 Å². The molecule has 0 bridgehead atoms. The Morgan fingerprint density at radius 2 is 1.74 bits per heavy atom. The third-order valence-electron chi connectivity index (χ3n) is 6.28. The Morgan fingerprint density at radius 1 is 1.06 bits per heavy atom. The zero-order valence-electron chi connectivity index (χ0n) is 17.9. The number of carbonyl (C=O) groups excluding carboxylic acids is 2. The largest absolute Gasteiger partial charge is 0.358 e. The van der Waals surface area contributed by atoms with Crippen molar-refractivity contribution in [2.75, 3.05) is 38.0 Å². The number of amides is 1. The van der Waals surface area contributed by atoms with Crippen LogP contribution in [0.5, 0.6) is 0 Å². The van der Waals surface area contributed by atoms with E-state index >= 15 is 0 Å². The second kappa shape index (κ2) is 8.99. The second-order valence-corrected chi connectivity index (χ2v) is 8.40. The van der Waals surface area contributed by atoms with Crippen LogP contribution in [-0.4, -0.2) is 55.4 Å². The molecular weight excluding hydrogens is 395 g/mol. The van der Waals surface area contributed by atoms with E-state index in [0.29, 0.717) is 12.2 Å². The summed E-state index contributed by atoms with van der Waals surface area (Å²) < 4.78 is 13.0. The predicted octanol–water partition coefficient (Wildman–Crippen LogP) is 0.609. The van der Waals surface area contributed by atoms with E-state index in [1.165, 1.54) is 21.9 Å². The zero-order chi connectivity index (χ0) is 22.0. The van der Waals surface area contributed by atoms with Crippen LogP contribution in [-0.2, 0) is 4.79 Å². The van der Waals surface area contributed by atoms with Gasteiger partial charge in [0.1, 0.15) is 38.0 Å². The van der Waals surface area contributed by atoms with Crippen LogP contribution < -0.4 is 15.1 Å². The van der Waals surface area contributed by atoms with Gasteiger partial charge in [0.2, 0.25) is 5.78 Å². The van der Waals surface area contributed by atoms with Gasteiger partial charge in [0, 0.05) is 22.3 Å². The summed E-state index contributed by atoms with van der Waals surface area (Å²) in [5.41, 5.74) is 3.30. The van der Waals surface area contributed by atoms with Gasteiger partial charge in [-0.15, -0.1) is 0 Å². The molecule has 1 amide bonds. The fourth-order valence-electron chi connectivity index (χ4n) is 4.50. The average molecular weight is 425 g/mol. The molecule has 1 aliphatic rings. The number of aromatic amines is 1. The Hall–Kier alpha value is -3.03. The molecule has 4 N–H and O–H groups in total. The van der Waals surface area contributed by atoms with E-state index in [1.807, 2.05) is 38.1 Å². The molecule has 2 heterocycles. The lowest BCUT2D eigenvalue weighted by molar-refractivity contribution is -1.01. The summed E-state index contributed by atoms with van der Waals surface area (Å²) in [5.74, 6) is -0.236. The summed E-state index contributed by atoms with van der Waals surface area (Å²) >= 11 is 0. The maximum Gasteiger partial charge on any atom is 0.279 e. The lowest BCUT2D eigenvalue weighted by atomic mass is 10.0. The fourth-order valence-corrected chi connectivity index (χ4v) is 4.50. The number of aromatic nitrogens is 1. The minimum atomic E-state index is -0.325. The molecule has 31 heavy (non-hydrogen) atoms. The summed E-state index contributed by atoms with van der Waals surface area (Å²) in [6.45, 7) is 7.67. The van der Waals surface area contributed by atoms with E-state index in [-0.39, 0.29) is 23.5 Å². The van der Waals surface area contributed by atoms with Crippen molar-refractivity contribution in [3.05, 3.63) is 65.6 Å². The van der Waals surface area contributed by atoms with Crippen molar-refractivity contribution in [3.8, 4) is 0 Å². The smallest absolute Gasteiger partial charge is 0.279 e. The van der Waals surface area contributed by atoms with E-state index in [2.05, 4.69) is 10.3 Å². The molecule has 1 aromatic heterocycles. The van der Waals surface area contributed by atoms with Crippen LogP contribution in [0.15, 0.2) is 48.5 Å². The minimum Gasteiger partial charge on any atom is -0.358 e. The molecule has 3 aromatic rings. The van der Waals surface area contributed by atoms with Crippen LogP contribution in [0.25, 0.3) is 10.9 Å². The number of ketones is 1. The molecule has 1 atom stereocenters. The number of nitrogens with one attached hydrogen (secondary N) is 4. The maximum absolute atomic E-state index is 13.3. The molecule has 0 aliphatic carbocycles. The highest BCUT2D eigenvalue weighted by atomic mass is 19.1. The van der Waals surface area contributed by atoms with E-state index < -0.39 is 0 Å². The molecule has 1 saturated heterocycles. The molecule has 0 spiro atoms. The van der Waals surface area contributed by atoms with Gasteiger partial charge < -0.3 is 20.1 Å². The average Bonchev–Trinajstić information content (AvgIpc) is 3.10. The molecule has 2 aromatic carbocycles. The highest BCUT2D eigenvalue weighted by Gasteiger charge is 2.33. The lowest BCUT2D eigenvalue weighted by Crippen LogP contribution is -3.30. The first-order valence-electron chi connectivity index (χ1n) is 10.8. The predicted molar refractivity (Wildman–Crippen MR) is 118 cm³/mol. The van der Waals surface area contributed by atoms with Gasteiger partial charge in [0.05, 0.1) is 5.56 Å². The summed E-state index contributed by atoms with van der Waals surface area (Å²) in [7, 11) is 0. The Kier molecular flexibility index (Phi) is 6.15. The number of piperazine rings is 1. The first-order valence-corrected chi connectivity index (χ1v) is 10.8. The Balaban J connectivity index is 1.32. The van der Waals surface area contributed by atoms with E-state index in [1.54, 1.807) is 12.1 Å². The van der Waals surface area contributed by atoms with Gasteiger partial charge in [-0.05, 0) is 44.2 Å². The van der Waals surface area contributed by atoms with Crippen LogP contribution in [0.3, 0.4) is 0 Å². The quantitative estimate of drug-likeness (QED) is 0.438. The number of rotatable bonds is 6. The molecule has 1 aliphatic heterocycles. The van der Waals surface area contributed by atoms with Gasteiger partial charge in [-0.3, -0.25) is 9.59 Å². The number of H-pyrrole nitrogens is 1. The van der Waals surface area contributed by atoms with Gasteiger partial charge in [-0.2, -0.15) is 0 Å². The summed E-state index contributed by atoms with van der Waals surface area (Å²) in [6.07, 6.45) is 0. The molecule has 0 unspecified atom stereocenters. The second-order valence-electron chi connectivity index (χ2n) is 8.40. The van der Waals surface area contributed by atoms with Gasteiger partial charge >= 0.3 is 0 Å². The number of anilines is 1. The van der Waals surface area contributed by atoms with Crippen molar-refractivity contribution in [2.45, 2.75) is 19.9 Å². The van der Waals surface area contributed by atoms with Crippen molar-refractivity contribution in [1.29, 1.82) is 0 Å². The molecule has 1 fully saturated rings. The van der Waals surface area contributed by atoms with Crippen LogP contribution in [0, 0.1) is 12.7 Å². The minimum absolute atomic E-state index is 0.0800. The number of hydrogen-bond acceptors (Lipinski definition) is 2. The number of benzene rings is 2. The third kappa shape index (κ3) is 4.68. The summed E-state index contributed by atoms with van der Waals surface area (Å²) in [5, 5.41) is 3.80. The zero-order valence-corrected chi connectivity index (χ0v) is 17.9. The topological polar surface area (TPSA) is 70.8 Å². The number of aryl methyl sites for hydroxylation is 1.